The van der Waals surface area contributed by atoms with E-state index in [-0.39, 0.29) is 69.6 Å². The van der Waals surface area contributed by atoms with E-state index < -0.39 is 18.1 Å². The molecule has 9 heteroatoms. The Morgan fingerprint density at radius 3 is 2.06 bits per heavy atom. The zero-order chi connectivity index (χ0) is 24.1. The standard InChI is InChI=1S/C24H40F3NO3S.K/c1-2-3-4-5-6-7-8-9-10-11-12-13-16-21(17-14-15-18-22(29)30)32-20-19-28-23(31)24(25,26)27;/h21H,2-12,14-15,17-20H2,1H3,(H,28,31)(H,29,30);/q;+1/p-1. The number of aliphatic carboxylic acids is 1. The van der Waals surface area contributed by atoms with Gasteiger partial charge in [-0.1, -0.05) is 77.1 Å². The van der Waals surface area contributed by atoms with Gasteiger partial charge in [0.15, 0.2) is 0 Å². The van der Waals surface area contributed by atoms with Crippen LogP contribution in [0.4, 0.5) is 13.2 Å². The first-order chi connectivity index (χ1) is 15.3. The largest absolute Gasteiger partial charge is 1.00 e. The summed E-state index contributed by atoms with van der Waals surface area (Å²) in [6, 6.07) is 0. The summed E-state index contributed by atoms with van der Waals surface area (Å²) in [5.74, 6) is 3.64. The van der Waals surface area contributed by atoms with Crippen molar-refractivity contribution < 1.29 is 79.3 Å². The minimum Gasteiger partial charge on any atom is -0.550 e. The fraction of sp³-hybridized carbons (Fsp3) is 0.833. The second-order valence-corrected chi connectivity index (χ2v) is 9.29. The molecule has 0 fully saturated rings. The van der Waals surface area contributed by atoms with E-state index in [0.717, 1.165) is 19.3 Å². The fourth-order valence-electron chi connectivity index (χ4n) is 3.15. The van der Waals surface area contributed by atoms with Crippen LogP contribution in [0.1, 0.15) is 103 Å². The third kappa shape index (κ3) is 25.2. The number of unbranched alkanes of at least 4 members (excludes halogenated alkanes) is 11. The SMILES string of the molecule is CCCCCCCCCCCCC#CC(CCCCC(=O)[O-])SCCNC(=O)C(F)(F)F.[K+]. The maximum Gasteiger partial charge on any atom is 1.00 e. The molecular weight excluding hydrogens is 478 g/mol. The van der Waals surface area contributed by atoms with Crippen molar-refractivity contribution in [2.45, 2.75) is 115 Å². The number of halogens is 3. The van der Waals surface area contributed by atoms with Gasteiger partial charge in [0.2, 0.25) is 0 Å². The molecule has 4 nitrogen and oxygen atoms in total. The molecule has 0 saturated carbocycles. The third-order valence-corrected chi connectivity index (χ3v) is 6.18. The number of nitrogens with one attached hydrogen (secondary N) is 1. The van der Waals surface area contributed by atoms with Gasteiger partial charge in [-0.3, -0.25) is 4.79 Å². The number of amides is 1. The van der Waals surface area contributed by atoms with Gasteiger partial charge in [0.1, 0.15) is 0 Å². The smallest absolute Gasteiger partial charge is 0.550 e. The fourth-order valence-corrected chi connectivity index (χ4v) is 4.15. The van der Waals surface area contributed by atoms with Crippen LogP contribution in [0, 0.1) is 11.8 Å². The summed E-state index contributed by atoms with van der Waals surface area (Å²) in [4.78, 5) is 21.4. The van der Waals surface area contributed by atoms with E-state index in [1.807, 2.05) is 5.32 Å². The zero-order valence-corrected chi connectivity index (χ0v) is 24.3. The number of hydrogen-bond acceptors (Lipinski definition) is 4. The number of rotatable bonds is 19. The summed E-state index contributed by atoms with van der Waals surface area (Å²) in [6.45, 7) is 2.14. The summed E-state index contributed by atoms with van der Waals surface area (Å²) in [5, 5.41) is 12.3. The first kappa shape index (κ1) is 35.4. The van der Waals surface area contributed by atoms with Crippen LogP contribution in [0.15, 0.2) is 0 Å². The number of alkyl halides is 3. The van der Waals surface area contributed by atoms with Gasteiger partial charge in [0, 0.05) is 24.7 Å². The van der Waals surface area contributed by atoms with Crippen LogP contribution < -0.4 is 61.8 Å². The van der Waals surface area contributed by atoms with Crippen LogP contribution in [-0.4, -0.2) is 35.6 Å². The van der Waals surface area contributed by atoms with Crippen LogP contribution >= 0.6 is 11.8 Å². The summed E-state index contributed by atoms with van der Waals surface area (Å²) in [5.41, 5.74) is 0. The normalized spacial score (nSPS) is 11.8. The molecule has 0 aliphatic carbocycles. The number of carbonyl (C=O) groups is 2. The number of thioether (sulfide) groups is 1. The van der Waals surface area contributed by atoms with Gasteiger partial charge in [0.05, 0.1) is 5.25 Å². The van der Waals surface area contributed by atoms with Crippen LogP contribution in [0.25, 0.3) is 0 Å². The molecule has 0 aromatic rings. The van der Waals surface area contributed by atoms with E-state index in [9.17, 15) is 27.9 Å². The molecule has 1 amide bonds. The van der Waals surface area contributed by atoms with Gasteiger partial charge in [-0.25, -0.2) is 0 Å². The van der Waals surface area contributed by atoms with Crippen molar-refractivity contribution in [3.05, 3.63) is 0 Å². The monoisotopic (exact) mass is 517 g/mol. The molecule has 1 unspecified atom stereocenters. The molecule has 33 heavy (non-hydrogen) atoms. The molecule has 0 rings (SSSR count). The Balaban J connectivity index is 0. The maximum absolute atomic E-state index is 12.2. The van der Waals surface area contributed by atoms with E-state index in [0.29, 0.717) is 25.0 Å². The maximum atomic E-state index is 12.2. The predicted molar refractivity (Wildman–Crippen MR) is 123 cm³/mol. The molecule has 0 heterocycles. The predicted octanol–water partition coefficient (Wildman–Crippen LogP) is 2.40. The van der Waals surface area contributed by atoms with Crippen LogP contribution in [0.3, 0.4) is 0 Å². The van der Waals surface area contributed by atoms with Crippen molar-refractivity contribution in [3.8, 4) is 11.8 Å². The summed E-state index contributed by atoms with van der Waals surface area (Å²) < 4.78 is 36.6. The molecular formula is C24H39F3KNO3S. The van der Waals surface area contributed by atoms with Crippen LogP contribution in [0.5, 0.6) is 0 Å². The first-order valence-electron chi connectivity index (χ1n) is 11.9. The molecule has 0 spiro atoms. The number of carboxylic acids is 1. The summed E-state index contributed by atoms with van der Waals surface area (Å²) in [7, 11) is 0. The molecule has 186 valence electrons. The second-order valence-electron chi connectivity index (χ2n) is 7.98. The van der Waals surface area contributed by atoms with E-state index in [4.69, 9.17) is 0 Å². The summed E-state index contributed by atoms with van der Waals surface area (Å²) >= 11 is 1.40. The van der Waals surface area contributed by atoms with Crippen molar-refractivity contribution >= 4 is 23.6 Å². The Morgan fingerprint density at radius 1 is 0.939 bits per heavy atom. The second kappa shape index (κ2) is 24.0. The average molecular weight is 518 g/mol. The molecule has 0 saturated heterocycles. The minimum absolute atomic E-state index is 0. The van der Waals surface area contributed by atoms with Gasteiger partial charge in [-0.15, -0.1) is 17.7 Å². The Morgan fingerprint density at radius 2 is 1.52 bits per heavy atom. The van der Waals surface area contributed by atoms with E-state index >= 15 is 0 Å². The quantitative estimate of drug-likeness (QED) is 0.162. The number of hydrogen-bond donors (Lipinski definition) is 1. The molecule has 1 atom stereocenters. The Hall–Kier alpha value is 0.276. The molecule has 0 aliphatic rings. The Labute approximate surface area is 244 Å². The average Bonchev–Trinajstić information content (AvgIpc) is 2.73. The molecule has 0 radical (unpaired) electrons. The van der Waals surface area contributed by atoms with Gasteiger partial charge in [0.25, 0.3) is 0 Å². The summed E-state index contributed by atoms with van der Waals surface area (Å²) in [6.07, 6.45) is 10.3. The topological polar surface area (TPSA) is 69.2 Å². The molecule has 0 aliphatic heterocycles. The van der Waals surface area contributed by atoms with E-state index in [1.165, 1.54) is 63.1 Å². The van der Waals surface area contributed by atoms with E-state index in [2.05, 4.69) is 18.8 Å². The van der Waals surface area contributed by atoms with Gasteiger partial charge in [-0.2, -0.15) is 13.2 Å². The van der Waals surface area contributed by atoms with Gasteiger partial charge >= 0.3 is 63.5 Å². The van der Waals surface area contributed by atoms with Crippen molar-refractivity contribution in [2.75, 3.05) is 12.3 Å². The van der Waals surface area contributed by atoms with Crippen molar-refractivity contribution in [2.24, 2.45) is 0 Å². The minimum atomic E-state index is -4.87. The first-order valence-corrected chi connectivity index (χ1v) is 13.0. The molecule has 0 aromatic heterocycles. The van der Waals surface area contributed by atoms with Crippen LogP contribution in [0.2, 0.25) is 0 Å². The molecule has 0 bridgehead atoms. The molecule has 1 N–H and O–H groups in total. The molecule has 0 aromatic carbocycles. The number of carboxylic acid groups (broad SMARTS) is 1. The zero-order valence-electron chi connectivity index (χ0n) is 20.4. The van der Waals surface area contributed by atoms with E-state index in [1.54, 1.807) is 0 Å². The Bertz CT molecular complexity index is 565. The van der Waals surface area contributed by atoms with Crippen molar-refractivity contribution in [1.29, 1.82) is 0 Å². The van der Waals surface area contributed by atoms with Crippen molar-refractivity contribution in [3.63, 3.8) is 0 Å². The third-order valence-electron chi connectivity index (χ3n) is 4.98. The van der Waals surface area contributed by atoms with Gasteiger partial charge in [-0.05, 0) is 25.7 Å². The Kier molecular flexibility index (Phi) is 25.8. The van der Waals surface area contributed by atoms with Crippen LogP contribution in [-0.2, 0) is 9.59 Å². The number of carbonyl (C=O) groups excluding carboxylic acids is 2. The van der Waals surface area contributed by atoms with Gasteiger partial charge < -0.3 is 15.2 Å². The van der Waals surface area contributed by atoms with Crippen molar-refractivity contribution in [1.82, 2.24) is 5.32 Å².